The van der Waals surface area contributed by atoms with Crippen LogP contribution in [0.5, 0.6) is 0 Å². The van der Waals surface area contributed by atoms with Crippen molar-refractivity contribution in [2.75, 3.05) is 5.32 Å². The van der Waals surface area contributed by atoms with Gasteiger partial charge in [0.2, 0.25) is 5.91 Å². The van der Waals surface area contributed by atoms with E-state index in [1.807, 2.05) is 59.2 Å². The lowest BCUT2D eigenvalue weighted by Crippen LogP contribution is -2.43. The number of hydrogen-bond acceptors (Lipinski definition) is 3. The summed E-state index contributed by atoms with van der Waals surface area (Å²) in [5.41, 5.74) is 3.32. The van der Waals surface area contributed by atoms with Crippen LogP contribution in [0.2, 0.25) is 0 Å². The predicted octanol–water partition coefficient (Wildman–Crippen LogP) is 2.61. The summed E-state index contributed by atoms with van der Waals surface area (Å²) in [4.78, 5) is 29.2. The molecule has 1 aliphatic heterocycles. The summed E-state index contributed by atoms with van der Waals surface area (Å²) in [5.74, 6) is -0.537. The number of fused-ring (bicyclic) bond motifs is 1. The lowest BCUT2D eigenvalue weighted by atomic mass is 10.1. The number of aromatic nitrogens is 2. The Bertz CT molecular complexity index is 965. The van der Waals surface area contributed by atoms with Crippen LogP contribution in [0.25, 0.3) is 0 Å². The topological polar surface area (TPSA) is 76.0 Å². The Morgan fingerprint density at radius 3 is 2.78 bits per heavy atom. The summed E-state index contributed by atoms with van der Waals surface area (Å²) in [5, 5.41) is 5.70. The molecule has 0 bridgehead atoms. The number of hydrogen-bond donors (Lipinski definition) is 2. The van der Waals surface area contributed by atoms with E-state index in [2.05, 4.69) is 15.6 Å². The molecule has 0 spiro atoms. The van der Waals surface area contributed by atoms with Crippen molar-refractivity contribution in [1.29, 1.82) is 0 Å². The molecule has 2 N–H and O–H groups in total. The number of carbonyl (C=O) groups is 2. The molecule has 0 aliphatic carbocycles. The summed E-state index contributed by atoms with van der Waals surface area (Å²) in [7, 11) is 0. The van der Waals surface area contributed by atoms with Crippen LogP contribution in [0, 0.1) is 0 Å². The number of nitrogens with zero attached hydrogens (tertiary/aromatic N) is 2. The van der Waals surface area contributed by atoms with Gasteiger partial charge < -0.3 is 15.2 Å². The number of imidazole rings is 1. The Labute approximate surface area is 157 Å². The second-order valence-corrected chi connectivity index (χ2v) is 6.63. The first-order chi connectivity index (χ1) is 13.2. The first-order valence-corrected chi connectivity index (χ1v) is 8.94. The SMILES string of the molecule is O=C(N[C@H]1CCc2ccccc2NC1=O)c1cn(Cc2ccccc2)cn1. The van der Waals surface area contributed by atoms with E-state index in [-0.39, 0.29) is 11.8 Å². The van der Waals surface area contributed by atoms with Gasteiger partial charge in [0.05, 0.1) is 6.33 Å². The van der Waals surface area contributed by atoms with E-state index in [4.69, 9.17) is 0 Å². The third kappa shape index (κ3) is 3.89. The number of benzene rings is 2. The molecule has 6 heteroatoms. The van der Waals surface area contributed by atoms with E-state index in [0.717, 1.165) is 23.2 Å². The van der Waals surface area contributed by atoms with Crippen LogP contribution in [-0.2, 0) is 17.8 Å². The molecular weight excluding hydrogens is 340 g/mol. The summed E-state index contributed by atoms with van der Waals surface area (Å²) in [6, 6.07) is 17.1. The van der Waals surface area contributed by atoms with Gasteiger partial charge in [-0.25, -0.2) is 4.98 Å². The zero-order chi connectivity index (χ0) is 18.6. The normalized spacial score (nSPS) is 16.1. The number of para-hydroxylation sites is 1. The molecule has 2 aromatic carbocycles. The molecule has 0 saturated heterocycles. The minimum atomic E-state index is -0.579. The van der Waals surface area contributed by atoms with Crippen LogP contribution in [0.3, 0.4) is 0 Å². The summed E-state index contributed by atoms with van der Waals surface area (Å²) in [6.45, 7) is 0.639. The zero-order valence-electron chi connectivity index (χ0n) is 14.8. The van der Waals surface area contributed by atoms with E-state index in [1.165, 1.54) is 0 Å². The van der Waals surface area contributed by atoms with Crippen molar-refractivity contribution in [1.82, 2.24) is 14.9 Å². The molecule has 136 valence electrons. The Balaban J connectivity index is 1.41. The molecular formula is C21H20N4O2. The molecule has 3 aromatic rings. The molecule has 6 nitrogen and oxygen atoms in total. The number of amides is 2. The van der Waals surface area contributed by atoms with Gasteiger partial charge >= 0.3 is 0 Å². The van der Waals surface area contributed by atoms with Crippen LogP contribution in [0.15, 0.2) is 67.1 Å². The molecule has 0 unspecified atom stereocenters. The monoisotopic (exact) mass is 360 g/mol. The van der Waals surface area contributed by atoms with Gasteiger partial charge in [0.1, 0.15) is 11.7 Å². The highest BCUT2D eigenvalue weighted by Crippen LogP contribution is 2.21. The lowest BCUT2D eigenvalue weighted by Gasteiger charge is -2.14. The van der Waals surface area contributed by atoms with E-state index in [0.29, 0.717) is 18.7 Å². The lowest BCUT2D eigenvalue weighted by molar-refractivity contribution is -0.118. The van der Waals surface area contributed by atoms with Gasteiger partial charge in [-0.1, -0.05) is 48.5 Å². The van der Waals surface area contributed by atoms with Gasteiger partial charge in [-0.15, -0.1) is 0 Å². The molecule has 2 amide bonds. The Morgan fingerprint density at radius 2 is 1.93 bits per heavy atom. The standard InChI is InChI=1S/C21H20N4O2/c26-20-18(11-10-16-8-4-5-9-17(16)23-20)24-21(27)19-13-25(14-22-19)12-15-6-2-1-3-7-15/h1-9,13-14,18H,10-12H2,(H,23,26)(H,24,27)/t18-/m0/s1. The number of nitrogens with one attached hydrogen (secondary N) is 2. The molecule has 0 fully saturated rings. The third-order valence-electron chi connectivity index (χ3n) is 4.67. The van der Waals surface area contributed by atoms with Gasteiger partial charge in [-0.3, -0.25) is 9.59 Å². The summed E-state index contributed by atoms with van der Waals surface area (Å²) >= 11 is 0. The Hall–Kier alpha value is -3.41. The van der Waals surface area contributed by atoms with Gasteiger partial charge in [0.25, 0.3) is 5.91 Å². The largest absolute Gasteiger partial charge is 0.339 e. The number of aryl methyl sites for hydroxylation is 1. The predicted molar refractivity (Wildman–Crippen MR) is 102 cm³/mol. The van der Waals surface area contributed by atoms with Crippen LogP contribution < -0.4 is 10.6 Å². The second kappa shape index (κ2) is 7.45. The Kier molecular flexibility index (Phi) is 4.70. The smallest absolute Gasteiger partial charge is 0.272 e. The van der Waals surface area contributed by atoms with Crippen molar-refractivity contribution in [3.63, 3.8) is 0 Å². The van der Waals surface area contributed by atoms with Gasteiger partial charge in [0, 0.05) is 18.4 Å². The number of carbonyl (C=O) groups excluding carboxylic acids is 2. The summed E-state index contributed by atoms with van der Waals surface area (Å²) in [6.07, 6.45) is 4.61. The fourth-order valence-electron chi connectivity index (χ4n) is 3.24. The Morgan fingerprint density at radius 1 is 1.15 bits per heavy atom. The minimum Gasteiger partial charge on any atom is -0.339 e. The minimum absolute atomic E-state index is 0.197. The number of rotatable bonds is 4. The fraction of sp³-hybridized carbons (Fsp3) is 0.190. The summed E-state index contributed by atoms with van der Waals surface area (Å²) < 4.78 is 1.85. The fourth-order valence-corrected chi connectivity index (χ4v) is 3.24. The average Bonchev–Trinajstić information content (AvgIpc) is 3.09. The molecule has 27 heavy (non-hydrogen) atoms. The van der Waals surface area contributed by atoms with E-state index < -0.39 is 6.04 Å². The van der Waals surface area contributed by atoms with Gasteiger partial charge in [-0.05, 0) is 30.0 Å². The molecule has 1 atom stereocenters. The maximum absolute atomic E-state index is 12.5. The highest BCUT2D eigenvalue weighted by molar-refractivity contribution is 6.01. The maximum atomic E-state index is 12.5. The van der Waals surface area contributed by atoms with Crippen LogP contribution >= 0.6 is 0 Å². The van der Waals surface area contributed by atoms with E-state index >= 15 is 0 Å². The van der Waals surface area contributed by atoms with Crippen LogP contribution in [-0.4, -0.2) is 27.4 Å². The van der Waals surface area contributed by atoms with Crippen molar-refractivity contribution in [2.45, 2.75) is 25.4 Å². The molecule has 1 aliphatic rings. The van der Waals surface area contributed by atoms with Crippen LogP contribution in [0.1, 0.15) is 28.0 Å². The quantitative estimate of drug-likeness (QED) is 0.751. The molecule has 2 heterocycles. The van der Waals surface area contributed by atoms with Gasteiger partial charge in [-0.2, -0.15) is 0 Å². The van der Waals surface area contributed by atoms with Crippen molar-refractivity contribution in [3.05, 3.63) is 83.9 Å². The first-order valence-electron chi connectivity index (χ1n) is 8.94. The molecule has 1 aromatic heterocycles. The average molecular weight is 360 g/mol. The molecule has 0 saturated carbocycles. The second-order valence-electron chi connectivity index (χ2n) is 6.63. The maximum Gasteiger partial charge on any atom is 0.272 e. The van der Waals surface area contributed by atoms with Crippen molar-refractivity contribution in [2.24, 2.45) is 0 Å². The van der Waals surface area contributed by atoms with Crippen LogP contribution in [0.4, 0.5) is 5.69 Å². The number of anilines is 1. The van der Waals surface area contributed by atoms with E-state index in [9.17, 15) is 9.59 Å². The highest BCUT2D eigenvalue weighted by atomic mass is 16.2. The van der Waals surface area contributed by atoms with Crippen molar-refractivity contribution < 1.29 is 9.59 Å². The molecule has 4 rings (SSSR count). The van der Waals surface area contributed by atoms with E-state index in [1.54, 1.807) is 12.5 Å². The highest BCUT2D eigenvalue weighted by Gasteiger charge is 2.25. The first kappa shape index (κ1) is 17.0. The van der Waals surface area contributed by atoms with Crippen molar-refractivity contribution in [3.8, 4) is 0 Å². The zero-order valence-corrected chi connectivity index (χ0v) is 14.8. The van der Waals surface area contributed by atoms with Gasteiger partial charge in [0.15, 0.2) is 0 Å². The van der Waals surface area contributed by atoms with Crippen molar-refractivity contribution >= 4 is 17.5 Å². The molecule has 0 radical (unpaired) electrons. The third-order valence-corrected chi connectivity index (χ3v) is 4.67.